The molecular formula is C24H20N2O3. The number of carbonyl (C=O) groups is 3. The summed E-state index contributed by atoms with van der Waals surface area (Å²) in [4.78, 5) is 48.0. The number of benzene rings is 1. The first kappa shape index (κ1) is 17.9. The first-order valence-electron chi connectivity index (χ1n) is 9.80. The normalized spacial score (nSPS) is 23.0. The second-order valence-electron chi connectivity index (χ2n) is 8.81. The summed E-state index contributed by atoms with van der Waals surface area (Å²) in [5.41, 5.74) is 3.70. The van der Waals surface area contributed by atoms with Crippen LogP contribution in [0.2, 0.25) is 0 Å². The van der Waals surface area contributed by atoms with E-state index in [1.54, 1.807) is 0 Å². The molecule has 0 spiro atoms. The fourth-order valence-electron chi connectivity index (χ4n) is 5.03. The van der Waals surface area contributed by atoms with Crippen molar-refractivity contribution in [2.24, 2.45) is 5.41 Å². The van der Waals surface area contributed by atoms with Gasteiger partial charge in [0.25, 0.3) is 0 Å². The highest BCUT2D eigenvalue weighted by atomic mass is 16.1. The summed E-state index contributed by atoms with van der Waals surface area (Å²) in [7, 11) is 0. The van der Waals surface area contributed by atoms with Crippen molar-refractivity contribution in [3.05, 3.63) is 82.0 Å². The number of Topliss-reactive ketones (excluding diaryl/α,β-unsaturated/α-hetero) is 3. The van der Waals surface area contributed by atoms with Gasteiger partial charge in [0.1, 0.15) is 12.0 Å². The molecule has 1 unspecified atom stereocenters. The lowest BCUT2D eigenvalue weighted by molar-refractivity contribution is -0.118. The molecule has 2 aromatic rings. The van der Waals surface area contributed by atoms with Crippen LogP contribution >= 0.6 is 0 Å². The van der Waals surface area contributed by atoms with Crippen LogP contribution in [0.5, 0.6) is 0 Å². The number of aromatic nitrogens is 2. The summed E-state index contributed by atoms with van der Waals surface area (Å²) >= 11 is 0. The smallest absolute Gasteiger partial charge is 0.209 e. The predicted octanol–water partition coefficient (Wildman–Crippen LogP) is 4.03. The Kier molecular flexibility index (Phi) is 3.78. The lowest BCUT2D eigenvalue weighted by Gasteiger charge is -2.40. The number of ketones is 3. The topological polar surface area (TPSA) is 77.0 Å². The summed E-state index contributed by atoms with van der Waals surface area (Å²) in [6, 6.07) is 9.54. The van der Waals surface area contributed by atoms with Crippen LogP contribution in [-0.4, -0.2) is 27.3 Å². The Bertz CT molecular complexity index is 1160. The molecule has 0 saturated carbocycles. The Morgan fingerprint density at radius 3 is 2.48 bits per heavy atom. The van der Waals surface area contributed by atoms with Gasteiger partial charge < -0.3 is 0 Å². The number of carbonyl (C=O) groups excluding carboxylic acids is 3. The molecule has 0 N–H and O–H groups in total. The van der Waals surface area contributed by atoms with E-state index in [0.717, 1.165) is 17.6 Å². The number of hydrogen-bond donors (Lipinski definition) is 0. The van der Waals surface area contributed by atoms with Crippen molar-refractivity contribution < 1.29 is 14.4 Å². The molecule has 0 amide bonds. The maximum atomic E-state index is 13.5. The van der Waals surface area contributed by atoms with Crippen LogP contribution in [-0.2, 0) is 4.79 Å². The Labute approximate surface area is 168 Å². The van der Waals surface area contributed by atoms with Gasteiger partial charge in [-0.1, -0.05) is 49.8 Å². The van der Waals surface area contributed by atoms with Crippen molar-refractivity contribution in [1.82, 2.24) is 9.97 Å². The average Bonchev–Trinajstić information content (AvgIpc) is 2.70. The van der Waals surface area contributed by atoms with Crippen molar-refractivity contribution in [3.8, 4) is 0 Å². The van der Waals surface area contributed by atoms with Crippen molar-refractivity contribution in [2.75, 3.05) is 0 Å². The minimum atomic E-state index is -0.516. The largest absolute Gasteiger partial charge is 0.294 e. The SMILES string of the molecule is CC1(C)CC(=O)C2=C(CC3=C(C(=O)c4ncncc4C3=O)C2c2ccccc2)C1. The quantitative estimate of drug-likeness (QED) is 0.742. The molecular weight excluding hydrogens is 364 g/mol. The van der Waals surface area contributed by atoms with Gasteiger partial charge in [-0.25, -0.2) is 9.97 Å². The van der Waals surface area contributed by atoms with Crippen LogP contribution in [0.15, 0.2) is 65.1 Å². The molecule has 1 aromatic carbocycles. The molecule has 0 saturated heterocycles. The molecule has 5 rings (SSSR count). The Morgan fingerprint density at radius 2 is 1.72 bits per heavy atom. The fraction of sp³-hybridized carbons (Fsp3) is 0.292. The summed E-state index contributed by atoms with van der Waals surface area (Å²) in [6.45, 7) is 4.15. The molecule has 3 aliphatic rings. The highest BCUT2D eigenvalue weighted by Crippen LogP contribution is 2.51. The second-order valence-corrected chi connectivity index (χ2v) is 8.81. The number of allylic oxidation sites excluding steroid dienone is 4. The van der Waals surface area contributed by atoms with Crippen molar-refractivity contribution in [2.45, 2.75) is 39.0 Å². The van der Waals surface area contributed by atoms with E-state index in [1.165, 1.54) is 12.5 Å². The monoisotopic (exact) mass is 384 g/mol. The molecule has 0 radical (unpaired) electrons. The number of rotatable bonds is 1. The first-order chi connectivity index (χ1) is 13.9. The zero-order chi connectivity index (χ0) is 20.3. The zero-order valence-corrected chi connectivity index (χ0v) is 16.4. The molecule has 29 heavy (non-hydrogen) atoms. The third-order valence-electron chi connectivity index (χ3n) is 6.13. The summed E-state index contributed by atoms with van der Waals surface area (Å²) < 4.78 is 0. The number of nitrogens with zero attached hydrogens (tertiary/aromatic N) is 2. The number of hydrogen-bond acceptors (Lipinski definition) is 5. The minimum Gasteiger partial charge on any atom is -0.294 e. The van der Waals surface area contributed by atoms with E-state index in [2.05, 4.69) is 23.8 Å². The summed E-state index contributed by atoms with van der Waals surface area (Å²) in [5.74, 6) is -0.906. The lowest BCUT2D eigenvalue weighted by atomic mass is 9.62. The van der Waals surface area contributed by atoms with E-state index in [4.69, 9.17) is 0 Å². The van der Waals surface area contributed by atoms with E-state index < -0.39 is 5.92 Å². The molecule has 0 bridgehead atoms. The van der Waals surface area contributed by atoms with Gasteiger partial charge in [0.05, 0.1) is 5.56 Å². The van der Waals surface area contributed by atoms with Crippen molar-refractivity contribution in [1.29, 1.82) is 0 Å². The third-order valence-corrected chi connectivity index (χ3v) is 6.13. The predicted molar refractivity (Wildman–Crippen MR) is 107 cm³/mol. The van der Waals surface area contributed by atoms with Gasteiger partial charge in [0, 0.05) is 35.3 Å². The van der Waals surface area contributed by atoms with Crippen LogP contribution in [0.4, 0.5) is 0 Å². The molecule has 5 nitrogen and oxygen atoms in total. The Hall–Kier alpha value is -3.21. The molecule has 3 aliphatic carbocycles. The van der Waals surface area contributed by atoms with Gasteiger partial charge in [0.2, 0.25) is 5.78 Å². The Balaban J connectivity index is 1.76. The van der Waals surface area contributed by atoms with Gasteiger partial charge in [0.15, 0.2) is 11.6 Å². The third kappa shape index (κ3) is 2.64. The minimum absolute atomic E-state index is 0.0744. The maximum Gasteiger partial charge on any atom is 0.209 e. The molecule has 1 heterocycles. The molecule has 0 fully saturated rings. The zero-order valence-electron chi connectivity index (χ0n) is 16.4. The second kappa shape index (κ2) is 6.14. The Morgan fingerprint density at radius 1 is 0.966 bits per heavy atom. The van der Waals surface area contributed by atoms with E-state index in [0.29, 0.717) is 29.6 Å². The van der Waals surface area contributed by atoms with Crippen molar-refractivity contribution in [3.63, 3.8) is 0 Å². The molecule has 0 aliphatic heterocycles. The molecule has 5 heteroatoms. The average molecular weight is 384 g/mol. The maximum absolute atomic E-state index is 13.5. The van der Waals surface area contributed by atoms with Crippen LogP contribution in [0.3, 0.4) is 0 Å². The molecule has 1 aromatic heterocycles. The fourth-order valence-corrected chi connectivity index (χ4v) is 5.03. The first-order valence-corrected chi connectivity index (χ1v) is 9.80. The van der Waals surface area contributed by atoms with Crippen LogP contribution in [0.25, 0.3) is 0 Å². The highest BCUT2D eigenvalue weighted by molar-refractivity contribution is 6.28. The van der Waals surface area contributed by atoms with Gasteiger partial charge in [-0.3, -0.25) is 14.4 Å². The van der Waals surface area contributed by atoms with Gasteiger partial charge in [-0.2, -0.15) is 0 Å². The number of fused-ring (bicyclic) bond motifs is 1. The van der Waals surface area contributed by atoms with Gasteiger partial charge in [-0.15, -0.1) is 0 Å². The van der Waals surface area contributed by atoms with E-state index >= 15 is 0 Å². The van der Waals surface area contributed by atoms with Gasteiger partial charge >= 0.3 is 0 Å². The molecule has 144 valence electrons. The van der Waals surface area contributed by atoms with Gasteiger partial charge in [-0.05, 0) is 23.8 Å². The summed E-state index contributed by atoms with van der Waals surface area (Å²) in [6.07, 6.45) is 4.24. The van der Waals surface area contributed by atoms with Crippen molar-refractivity contribution >= 4 is 17.3 Å². The van der Waals surface area contributed by atoms with Crippen LogP contribution < -0.4 is 0 Å². The van der Waals surface area contributed by atoms with E-state index in [9.17, 15) is 14.4 Å². The van der Waals surface area contributed by atoms with Crippen LogP contribution in [0.1, 0.15) is 65.4 Å². The summed E-state index contributed by atoms with van der Waals surface area (Å²) in [5, 5.41) is 0. The standard InChI is InChI=1S/C24H20N2O3/c1-24(2)9-14-8-15-20(23(29)21-16(22(15)28)11-25-12-26-21)19(18(14)17(27)10-24)13-6-4-3-5-7-13/h3-7,11-12,19H,8-10H2,1-2H3. The van der Waals surface area contributed by atoms with E-state index in [1.807, 2.05) is 30.3 Å². The highest BCUT2D eigenvalue weighted by Gasteiger charge is 2.47. The lowest BCUT2D eigenvalue weighted by Crippen LogP contribution is -2.36. The van der Waals surface area contributed by atoms with Crippen LogP contribution in [0, 0.1) is 5.41 Å². The molecule has 1 atom stereocenters. The van der Waals surface area contributed by atoms with E-state index in [-0.39, 0.29) is 34.0 Å².